The topological polar surface area (TPSA) is 89.9 Å². The van der Waals surface area contributed by atoms with E-state index in [1.165, 1.54) is 0 Å². The van der Waals surface area contributed by atoms with Gasteiger partial charge in [-0.15, -0.1) is 0 Å². The number of pyridine rings is 1. The van der Waals surface area contributed by atoms with Crippen molar-refractivity contribution in [2.45, 2.75) is 13.5 Å². The number of para-hydroxylation sites is 1. The minimum absolute atomic E-state index is 0.213. The van der Waals surface area contributed by atoms with Crippen LogP contribution >= 0.6 is 0 Å². The lowest BCUT2D eigenvalue weighted by Crippen LogP contribution is -2.42. The molecule has 3 rings (SSSR count). The summed E-state index contributed by atoms with van der Waals surface area (Å²) < 4.78 is 0. The van der Waals surface area contributed by atoms with Crippen molar-refractivity contribution >= 4 is 11.6 Å². The number of phenols is 1. The minimum atomic E-state index is -0.316. The number of hydrogen-bond donors (Lipinski definition) is 3. The van der Waals surface area contributed by atoms with Crippen molar-refractivity contribution in [3.63, 3.8) is 0 Å². The van der Waals surface area contributed by atoms with Crippen LogP contribution in [-0.2, 0) is 6.54 Å². The number of hydrazone groups is 1. The molecule has 0 radical (unpaired) electrons. The number of aromatic hydroxyl groups is 1. The number of nitrogens with one attached hydrogen (secondary N) is 2. The number of carbonyl (C=O) groups is 1. The number of hydrogen-bond acceptors (Lipinski definition) is 6. The second kappa shape index (κ2) is 8.55. The predicted molar refractivity (Wildman–Crippen MR) is 100 cm³/mol. The van der Waals surface area contributed by atoms with Crippen LogP contribution in [-0.4, -0.2) is 52.8 Å². The van der Waals surface area contributed by atoms with Crippen LogP contribution < -0.4 is 10.7 Å². The third-order valence-electron chi connectivity index (χ3n) is 4.38. The van der Waals surface area contributed by atoms with Gasteiger partial charge in [0.05, 0.1) is 5.71 Å². The molecule has 1 amide bonds. The fourth-order valence-electron chi connectivity index (χ4n) is 2.88. The molecule has 2 aromatic rings. The fraction of sp³-hybridized carbons (Fsp3) is 0.316. The molecule has 1 aromatic carbocycles. The van der Waals surface area contributed by atoms with E-state index in [0.29, 0.717) is 23.4 Å². The molecule has 0 spiro atoms. The monoisotopic (exact) mass is 353 g/mol. The number of nitrogens with zero attached hydrogens (tertiary/aromatic N) is 3. The molecule has 7 nitrogen and oxygen atoms in total. The van der Waals surface area contributed by atoms with Crippen molar-refractivity contribution in [2.24, 2.45) is 5.10 Å². The summed E-state index contributed by atoms with van der Waals surface area (Å²) in [6, 6.07) is 8.85. The van der Waals surface area contributed by atoms with Gasteiger partial charge in [-0.2, -0.15) is 5.10 Å². The van der Waals surface area contributed by atoms with Crippen LogP contribution in [0, 0.1) is 0 Å². The van der Waals surface area contributed by atoms with Gasteiger partial charge in [0.1, 0.15) is 5.75 Å². The lowest BCUT2D eigenvalue weighted by Gasteiger charge is -2.27. The van der Waals surface area contributed by atoms with E-state index in [9.17, 15) is 9.90 Å². The van der Waals surface area contributed by atoms with Crippen LogP contribution in [0.1, 0.15) is 28.4 Å². The summed E-state index contributed by atoms with van der Waals surface area (Å²) in [6.07, 6.45) is 3.10. The lowest BCUT2D eigenvalue weighted by atomic mass is 10.0. The second-order valence-electron chi connectivity index (χ2n) is 6.21. The van der Waals surface area contributed by atoms with Gasteiger partial charge in [0.25, 0.3) is 5.91 Å². The fourth-order valence-corrected chi connectivity index (χ4v) is 2.88. The Morgan fingerprint density at radius 3 is 2.73 bits per heavy atom. The molecule has 1 aliphatic heterocycles. The van der Waals surface area contributed by atoms with E-state index in [1.807, 2.05) is 12.1 Å². The van der Waals surface area contributed by atoms with Gasteiger partial charge in [-0.25, -0.2) is 5.43 Å². The molecular weight excluding hydrogens is 330 g/mol. The zero-order chi connectivity index (χ0) is 18.4. The standard InChI is InChI=1S/C19H23N5O2/c1-14(22-23-19(26)15-5-7-20-8-6-15)17-4-2-3-16(18(17)25)13-24-11-9-21-10-12-24/h2-8,21,25H,9-13H2,1H3,(H,23,26)/b22-14+. The molecule has 7 heteroatoms. The largest absolute Gasteiger partial charge is 0.507 e. The highest BCUT2D eigenvalue weighted by molar-refractivity contribution is 6.02. The summed E-state index contributed by atoms with van der Waals surface area (Å²) in [5.74, 6) is -0.103. The Morgan fingerprint density at radius 2 is 2.00 bits per heavy atom. The number of carbonyl (C=O) groups excluding carboxylic acids is 1. The van der Waals surface area contributed by atoms with Crippen molar-refractivity contribution in [3.8, 4) is 5.75 Å². The molecule has 0 saturated carbocycles. The summed E-state index contributed by atoms with van der Waals surface area (Å²) in [7, 11) is 0. The summed E-state index contributed by atoms with van der Waals surface area (Å²) in [5, 5.41) is 18.1. The van der Waals surface area contributed by atoms with Crippen molar-refractivity contribution < 1.29 is 9.90 Å². The highest BCUT2D eigenvalue weighted by Crippen LogP contribution is 2.24. The van der Waals surface area contributed by atoms with Crippen molar-refractivity contribution in [2.75, 3.05) is 26.2 Å². The number of phenolic OH excluding ortho intramolecular Hbond substituents is 1. The van der Waals surface area contributed by atoms with Crippen LogP contribution in [0.5, 0.6) is 5.75 Å². The molecule has 26 heavy (non-hydrogen) atoms. The van der Waals surface area contributed by atoms with E-state index >= 15 is 0 Å². The maximum atomic E-state index is 12.1. The molecule has 1 fully saturated rings. The van der Waals surface area contributed by atoms with Gasteiger partial charge in [-0.3, -0.25) is 14.7 Å². The first-order chi connectivity index (χ1) is 12.6. The van der Waals surface area contributed by atoms with Crippen molar-refractivity contribution in [1.29, 1.82) is 0 Å². The zero-order valence-corrected chi connectivity index (χ0v) is 14.8. The average molecular weight is 353 g/mol. The maximum absolute atomic E-state index is 12.1. The Morgan fingerprint density at radius 1 is 1.27 bits per heavy atom. The Bertz CT molecular complexity index is 786. The molecule has 2 heterocycles. The van der Waals surface area contributed by atoms with E-state index in [1.54, 1.807) is 37.5 Å². The molecule has 0 bridgehead atoms. The lowest BCUT2D eigenvalue weighted by molar-refractivity contribution is 0.0954. The van der Waals surface area contributed by atoms with Gasteiger partial charge in [0.15, 0.2) is 0 Å². The normalized spacial score (nSPS) is 15.7. The Balaban J connectivity index is 1.71. The summed E-state index contributed by atoms with van der Waals surface area (Å²) in [6.45, 7) is 6.29. The molecule has 1 saturated heterocycles. The Labute approximate surface area is 152 Å². The molecule has 0 unspecified atom stereocenters. The van der Waals surface area contributed by atoms with E-state index in [2.05, 4.69) is 25.7 Å². The highest BCUT2D eigenvalue weighted by Gasteiger charge is 2.15. The Hall–Kier alpha value is -2.77. The van der Waals surface area contributed by atoms with E-state index in [-0.39, 0.29) is 11.7 Å². The smallest absolute Gasteiger partial charge is 0.271 e. The second-order valence-corrected chi connectivity index (χ2v) is 6.21. The van der Waals surface area contributed by atoms with Crippen LogP contribution in [0.2, 0.25) is 0 Å². The molecule has 136 valence electrons. The van der Waals surface area contributed by atoms with Gasteiger partial charge in [-0.05, 0) is 25.1 Å². The summed E-state index contributed by atoms with van der Waals surface area (Å²) >= 11 is 0. The van der Waals surface area contributed by atoms with Crippen molar-refractivity contribution in [3.05, 3.63) is 59.4 Å². The van der Waals surface area contributed by atoms with Crippen molar-refractivity contribution in [1.82, 2.24) is 20.6 Å². The first-order valence-electron chi connectivity index (χ1n) is 8.64. The summed E-state index contributed by atoms with van der Waals surface area (Å²) in [4.78, 5) is 18.3. The molecule has 3 N–H and O–H groups in total. The quantitative estimate of drug-likeness (QED) is 0.558. The van der Waals surface area contributed by atoms with E-state index < -0.39 is 0 Å². The maximum Gasteiger partial charge on any atom is 0.271 e. The van der Waals surface area contributed by atoms with Crippen LogP contribution in [0.15, 0.2) is 47.8 Å². The molecule has 1 aliphatic rings. The van der Waals surface area contributed by atoms with Gasteiger partial charge in [0.2, 0.25) is 0 Å². The molecule has 1 aromatic heterocycles. The van der Waals surface area contributed by atoms with E-state index in [0.717, 1.165) is 31.7 Å². The third kappa shape index (κ3) is 4.44. The van der Waals surface area contributed by atoms with Crippen LogP contribution in [0.3, 0.4) is 0 Å². The predicted octanol–water partition coefficient (Wildman–Crippen LogP) is 1.35. The van der Waals surface area contributed by atoms with E-state index in [4.69, 9.17) is 0 Å². The minimum Gasteiger partial charge on any atom is -0.507 e. The molecule has 0 atom stereocenters. The van der Waals surface area contributed by atoms with Crippen LogP contribution in [0.4, 0.5) is 0 Å². The average Bonchev–Trinajstić information content (AvgIpc) is 2.69. The third-order valence-corrected chi connectivity index (χ3v) is 4.38. The zero-order valence-electron chi connectivity index (χ0n) is 14.8. The number of amides is 1. The SMILES string of the molecule is C/C(=N\NC(=O)c1ccncc1)c1cccc(CN2CCNCC2)c1O. The number of benzene rings is 1. The number of aromatic nitrogens is 1. The Kier molecular flexibility index (Phi) is 5.93. The molecule has 0 aliphatic carbocycles. The van der Waals surface area contributed by atoms with Gasteiger partial charge in [-0.1, -0.05) is 12.1 Å². The highest BCUT2D eigenvalue weighted by atomic mass is 16.3. The summed E-state index contributed by atoms with van der Waals surface area (Å²) in [5.41, 5.74) is 5.02. The van der Waals surface area contributed by atoms with Gasteiger partial charge < -0.3 is 10.4 Å². The number of piperazine rings is 1. The van der Waals surface area contributed by atoms with Gasteiger partial charge >= 0.3 is 0 Å². The first-order valence-corrected chi connectivity index (χ1v) is 8.64. The molecular formula is C19H23N5O2. The van der Waals surface area contributed by atoms with Crippen LogP contribution in [0.25, 0.3) is 0 Å². The first kappa shape index (κ1) is 18.0. The van der Waals surface area contributed by atoms with Gasteiger partial charge in [0, 0.05) is 61.8 Å². The number of rotatable bonds is 5.